The zero-order valence-electron chi connectivity index (χ0n) is 11.5. The highest BCUT2D eigenvalue weighted by Crippen LogP contribution is 2.38. The number of aromatic nitrogens is 2. The average molecular weight is 265 g/mol. The molecule has 0 radical (unpaired) electrons. The van der Waals surface area contributed by atoms with Crippen LogP contribution in [0, 0.1) is 16.0 Å². The van der Waals surface area contributed by atoms with Crippen LogP contribution in [0.2, 0.25) is 0 Å². The van der Waals surface area contributed by atoms with Crippen molar-refractivity contribution in [3.05, 3.63) is 16.4 Å². The summed E-state index contributed by atoms with van der Waals surface area (Å²) in [6.07, 6.45) is 3.52. The molecule has 104 valence electrons. The van der Waals surface area contributed by atoms with E-state index in [-0.39, 0.29) is 11.5 Å². The van der Waals surface area contributed by atoms with E-state index in [1.54, 1.807) is 7.05 Å². The van der Waals surface area contributed by atoms with Gasteiger partial charge in [0.1, 0.15) is 6.33 Å². The SMILES string of the molecule is CNc1ncnc(N(CC(C)C)C2CC2)c1[N+](=O)[O-]. The van der Waals surface area contributed by atoms with E-state index >= 15 is 0 Å². The first-order valence-corrected chi connectivity index (χ1v) is 6.48. The molecule has 1 aromatic heterocycles. The lowest BCUT2D eigenvalue weighted by Gasteiger charge is -2.25. The van der Waals surface area contributed by atoms with Crippen LogP contribution < -0.4 is 10.2 Å². The molecule has 1 aliphatic rings. The van der Waals surface area contributed by atoms with E-state index in [0.29, 0.717) is 17.8 Å². The Hall–Kier alpha value is -1.92. The van der Waals surface area contributed by atoms with Gasteiger partial charge in [-0.3, -0.25) is 10.1 Å². The van der Waals surface area contributed by atoms with Gasteiger partial charge >= 0.3 is 5.69 Å². The zero-order valence-corrected chi connectivity index (χ0v) is 11.5. The van der Waals surface area contributed by atoms with Crippen LogP contribution >= 0.6 is 0 Å². The molecule has 7 heteroatoms. The monoisotopic (exact) mass is 265 g/mol. The van der Waals surface area contributed by atoms with E-state index in [1.807, 2.05) is 4.90 Å². The van der Waals surface area contributed by atoms with Crippen molar-refractivity contribution in [3.63, 3.8) is 0 Å². The van der Waals surface area contributed by atoms with Crippen molar-refractivity contribution < 1.29 is 4.92 Å². The molecule has 0 atom stereocenters. The molecule has 0 bridgehead atoms. The topological polar surface area (TPSA) is 84.2 Å². The van der Waals surface area contributed by atoms with Crippen molar-refractivity contribution in [2.75, 3.05) is 23.8 Å². The van der Waals surface area contributed by atoms with Crippen LogP contribution in [-0.2, 0) is 0 Å². The summed E-state index contributed by atoms with van der Waals surface area (Å²) in [6, 6.07) is 0.376. The largest absolute Gasteiger partial charge is 0.367 e. The van der Waals surface area contributed by atoms with Crippen LogP contribution in [0.4, 0.5) is 17.3 Å². The summed E-state index contributed by atoms with van der Waals surface area (Å²) in [4.78, 5) is 21.0. The molecule has 7 nitrogen and oxygen atoms in total. The van der Waals surface area contributed by atoms with Crippen LogP contribution in [0.3, 0.4) is 0 Å². The Morgan fingerprint density at radius 1 is 1.53 bits per heavy atom. The maximum atomic E-state index is 11.3. The molecule has 1 N–H and O–H groups in total. The average Bonchev–Trinajstić information content (AvgIpc) is 3.18. The Morgan fingerprint density at radius 2 is 2.21 bits per heavy atom. The Morgan fingerprint density at radius 3 is 2.68 bits per heavy atom. The molecular weight excluding hydrogens is 246 g/mol. The van der Waals surface area contributed by atoms with Crippen molar-refractivity contribution in [2.24, 2.45) is 5.92 Å². The lowest BCUT2D eigenvalue weighted by Crippen LogP contribution is -2.31. The van der Waals surface area contributed by atoms with Crippen molar-refractivity contribution in [1.82, 2.24) is 9.97 Å². The summed E-state index contributed by atoms with van der Waals surface area (Å²) in [5, 5.41) is 14.1. The number of rotatable bonds is 6. The summed E-state index contributed by atoms with van der Waals surface area (Å²) >= 11 is 0. The molecule has 19 heavy (non-hydrogen) atoms. The van der Waals surface area contributed by atoms with Crippen LogP contribution in [0.15, 0.2) is 6.33 Å². The van der Waals surface area contributed by atoms with Crippen molar-refractivity contribution in [1.29, 1.82) is 0 Å². The molecule has 0 amide bonds. The summed E-state index contributed by atoms with van der Waals surface area (Å²) in [7, 11) is 1.63. The zero-order chi connectivity index (χ0) is 14.0. The van der Waals surface area contributed by atoms with Gasteiger partial charge in [0, 0.05) is 19.6 Å². The second-order valence-corrected chi connectivity index (χ2v) is 5.18. The van der Waals surface area contributed by atoms with Gasteiger partial charge in [0.05, 0.1) is 4.92 Å². The number of nitro groups is 1. The van der Waals surface area contributed by atoms with E-state index in [2.05, 4.69) is 29.1 Å². The quantitative estimate of drug-likeness (QED) is 0.626. The molecule has 0 aromatic carbocycles. The van der Waals surface area contributed by atoms with Crippen molar-refractivity contribution >= 4 is 17.3 Å². The molecule has 1 fully saturated rings. The molecule has 0 aliphatic heterocycles. The molecule has 1 aromatic rings. The molecular formula is C12H19N5O2. The second kappa shape index (κ2) is 5.38. The molecule has 0 unspecified atom stereocenters. The van der Waals surface area contributed by atoms with Gasteiger partial charge in [-0.2, -0.15) is 0 Å². The fourth-order valence-electron chi connectivity index (χ4n) is 2.12. The smallest absolute Gasteiger partial charge is 0.353 e. The predicted octanol–water partition coefficient (Wildman–Crippen LogP) is 2.05. The minimum atomic E-state index is -0.406. The maximum Gasteiger partial charge on any atom is 0.353 e. The van der Waals surface area contributed by atoms with Gasteiger partial charge in [0.25, 0.3) is 0 Å². The van der Waals surface area contributed by atoms with Crippen molar-refractivity contribution in [3.8, 4) is 0 Å². The number of hydrogen-bond donors (Lipinski definition) is 1. The first kappa shape index (κ1) is 13.5. The Kier molecular flexibility index (Phi) is 3.82. The number of nitrogens with one attached hydrogen (secondary N) is 1. The summed E-state index contributed by atoms with van der Waals surface area (Å²) in [5.41, 5.74) is -0.0300. The van der Waals surface area contributed by atoms with Gasteiger partial charge in [0.15, 0.2) is 0 Å². The third-order valence-corrected chi connectivity index (χ3v) is 3.04. The highest BCUT2D eigenvalue weighted by molar-refractivity contribution is 5.70. The standard InChI is InChI=1S/C12H19N5O2/c1-8(2)6-16(9-4-5-9)12-10(17(18)19)11(13-3)14-7-15-12/h7-9H,4-6H2,1-3H3,(H,13,14,15). The van der Waals surface area contributed by atoms with Crippen LogP contribution in [0.1, 0.15) is 26.7 Å². The third-order valence-electron chi connectivity index (χ3n) is 3.04. The minimum absolute atomic E-state index is 0.0300. The molecule has 0 saturated heterocycles. The normalized spacial score (nSPS) is 14.5. The lowest BCUT2D eigenvalue weighted by molar-refractivity contribution is -0.383. The fourth-order valence-corrected chi connectivity index (χ4v) is 2.12. The number of hydrogen-bond acceptors (Lipinski definition) is 6. The highest BCUT2D eigenvalue weighted by atomic mass is 16.6. The molecule has 1 saturated carbocycles. The Balaban J connectivity index is 2.43. The van der Waals surface area contributed by atoms with Gasteiger partial charge in [-0.05, 0) is 18.8 Å². The first-order chi connectivity index (χ1) is 9.04. The van der Waals surface area contributed by atoms with E-state index in [0.717, 1.165) is 19.4 Å². The van der Waals surface area contributed by atoms with E-state index in [4.69, 9.17) is 0 Å². The van der Waals surface area contributed by atoms with E-state index < -0.39 is 4.92 Å². The van der Waals surface area contributed by atoms with Crippen molar-refractivity contribution in [2.45, 2.75) is 32.7 Å². The predicted molar refractivity (Wildman–Crippen MR) is 73.4 cm³/mol. The molecule has 2 rings (SSSR count). The minimum Gasteiger partial charge on any atom is -0.367 e. The highest BCUT2D eigenvalue weighted by Gasteiger charge is 2.36. The molecule has 1 heterocycles. The first-order valence-electron chi connectivity index (χ1n) is 6.48. The fraction of sp³-hybridized carbons (Fsp3) is 0.667. The van der Waals surface area contributed by atoms with Gasteiger partial charge in [0.2, 0.25) is 11.6 Å². The number of nitrogens with zero attached hydrogens (tertiary/aromatic N) is 4. The van der Waals surface area contributed by atoms with Gasteiger partial charge in [-0.25, -0.2) is 9.97 Å². The Bertz CT molecular complexity index is 473. The van der Waals surface area contributed by atoms with Crippen LogP contribution in [0.5, 0.6) is 0 Å². The Labute approximate surface area is 112 Å². The van der Waals surface area contributed by atoms with E-state index in [9.17, 15) is 10.1 Å². The van der Waals surface area contributed by atoms with E-state index in [1.165, 1.54) is 6.33 Å². The summed E-state index contributed by atoms with van der Waals surface area (Å²) in [6.45, 7) is 4.97. The maximum absolute atomic E-state index is 11.3. The molecule has 0 spiro atoms. The van der Waals surface area contributed by atoms with Crippen LogP contribution in [0.25, 0.3) is 0 Å². The third kappa shape index (κ3) is 2.91. The lowest BCUT2D eigenvalue weighted by atomic mass is 10.2. The molecule has 1 aliphatic carbocycles. The number of anilines is 2. The van der Waals surface area contributed by atoms with Gasteiger partial charge in [-0.15, -0.1) is 0 Å². The van der Waals surface area contributed by atoms with Gasteiger partial charge in [-0.1, -0.05) is 13.8 Å². The second-order valence-electron chi connectivity index (χ2n) is 5.18. The van der Waals surface area contributed by atoms with Gasteiger partial charge < -0.3 is 10.2 Å². The summed E-state index contributed by atoms with van der Waals surface area (Å²) in [5.74, 6) is 1.12. The van der Waals surface area contributed by atoms with Crippen LogP contribution in [-0.4, -0.2) is 34.5 Å². The summed E-state index contributed by atoms with van der Waals surface area (Å²) < 4.78 is 0.